The van der Waals surface area contributed by atoms with Crippen LogP contribution in [-0.2, 0) is 4.74 Å². The van der Waals surface area contributed by atoms with Crippen molar-refractivity contribution in [3.8, 4) is 0 Å². The van der Waals surface area contributed by atoms with Crippen molar-refractivity contribution in [3.05, 3.63) is 30.0 Å². The van der Waals surface area contributed by atoms with Gasteiger partial charge in [0.2, 0.25) is 0 Å². The van der Waals surface area contributed by atoms with Gasteiger partial charge in [-0.25, -0.2) is 4.79 Å². The summed E-state index contributed by atoms with van der Waals surface area (Å²) in [5, 5.41) is 4.07. The smallest absolute Gasteiger partial charge is 0.321 e. The zero-order valence-corrected chi connectivity index (χ0v) is 14.8. The lowest BCUT2D eigenvalue weighted by molar-refractivity contribution is 0.0748. The SMILES string of the molecule is Cc1cc2cc(NC(=O)N(CC3CCC3)C[C@H]3CCCO3)ccc2o1. The first-order valence-electron chi connectivity index (χ1n) is 9.35. The van der Waals surface area contributed by atoms with Crippen LogP contribution in [0, 0.1) is 12.8 Å². The Morgan fingerprint density at radius 1 is 1.20 bits per heavy atom. The molecule has 134 valence electrons. The summed E-state index contributed by atoms with van der Waals surface area (Å²) in [7, 11) is 0. The van der Waals surface area contributed by atoms with E-state index in [1.165, 1.54) is 19.3 Å². The number of benzene rings is 1. The molecule has 0 spiro atoms. The number of amides is 2. The quantitative estimate of drug-likeness (QED) is 0.867. The number of ether oxygens (including phenoxy) is 1. The van der Waals surface area contributed by atoms with Crippen molar-refractivity contribution in [1.29, 1.82) is 0 Å². The zero-order chi connectivity index (χ0) is 17.2. The average molecular weight is 342 g/mol. The maximum atomic E-state index is 12.9. The van der Waals surface area contributed by atoms with Gasteiger partial charge in [0.25, 0.3) is 0 Å². The minimum atomic E-state index is -0.0260. The largest absolute Gasteiger partial charge is 0.461 e. The van der Waals surface area contributed by atoms with Crippen LogP contribution in [-0.4, -0.2) is 36.7 Å². The Labute approximate surface area is 148 Å². The molecule has 1 saturated carbocycles. The van der Waals surface area contributed by atoms with E-state index in [1.54, 1.807) is 0 Å². The van der Waals surface area contributed by atoms with Gasteiger partial charge in [-0.1, -0.05) is 6.42 Å². The van der Waals surface area contributed by atoms with Crippen LogP contribution in [0.15, 0.2) is 28.7 Å². The van der Waals surface area contributed by atoms with E-state index < -0.39 is 0 Å². The average Bonchev–Trinajstić information content (AvgIpc) is 3.17. The first-order chi connectivity index (χ1) is 12.2. The Kier molecular flexibility index (Phi) is 4.66. The molecular weight excluding hydrogens is 316 g/mol. The number of urea groups is 1. The van der Waals surface area contributed by atoms with E-state index >= 15 is 0 Å². The van der Waals surface area contributed by atoms with E-state index in [1.807, 2.05) is 36.1 Å². The van der Waals surface area contributed by atoms with Crippen LogP contribution < -0.4 is 5.32 Å². The highest BCUT2D eigenvalue weighted by atomic mass is 16.5. The van der Waals surface area contributed by atoms with Crippen molar-refractivity contribution in [2.45, 2.75) is 45.1 Å². The van der Waals surface area contributed by atoms with Crippen molar-refractivity contribution in [2.24, 2.45) is 5.92 Å². The lowest BCUT2D eigenvalue weighted by Gasteiger charge is -2.33. The molecule has 5 heteroatoms. The van der Waals surface area contributed by atoms with Crippen molar-refractivity contribution < 1.29 is 13.9 Å². The van der Waals surface area contributed by atoms with Gasteiger partial charge in [0.05, 0.1) is 6.10 Å². The van der Waals surface area contributed by atoms with Crippen molar-refractivity contribution in [1.82, 2.24) is 4.90 Å². The number of hydrogen-bond donors (Lipinski definition) is 1. The Balaban J connectivity index is 1.45. The molecule has 1 N–H and O–H groups in total. The Morgan fingerprint density at radius 2 is 2.08 bits per heavy atom. The number of nitrogens with one attached hydrogen (secondary N) is 1. The number of nitrogens with zero attached hydrogens (tertiary/aromatic N) is 1. The first-order valence-corrected chi connectivity index (χ1v) is 9.35. The number of anilines is 1. The van der Waals surface area contributed by atoms with Crippen molar-refractivity contribution >= 4 is 22.7 Å². The van der Waals surface area contributed by atoms with Crippen LogP contribution in [0.5, 0.6) is 0 Å². The van der Waals surface area contributed by atoms with Gasteiger partial charge in [0.15, 0.2) is 0 Å². The normalized spacial score (nSPS) is 20.6. The van der Waals surface area contributed by atoms with Gasteiger partial charge in [-0.2, -0.15) is 0 Å². The standard InChI is InChI=1S/C20H26N2O3/c1-14-10-16-11-17(7-8-19(16)25-14)21-20(23)22(12-15-4-2-5-15)13-18-6-3-9-24-18/h7-8,10-11,15,18H,2-6,9,12-13H2,1H3,(H,21,23)/t18-/m1/s1. The molecule has 1 aliphatic carbocycles. The molecule has 25 heavy (non-hydrogen) atoms. The van der Waals surface area contributed by atoms with Crippen LogP contribution in [0.3, 0.4) is 0 Å². The molecular formula is C20H26N2O3. The summed E-state index contributed by atoms with van der Waals surface area (Å²) < 4.78 is 11.3. The maximum absolute atomic E-state index is 12.9. The molecule has 1 aliphatic heterocycles. The van der Waals surface area contributed by atoms with Gasteiger partial charge in [-0.15, -0.1) is 0 Å². The minimum Gasteiger partial charge on any atom is -0.461 e. The second-order valence-electron chi connectivity index (χ2n) is 7.38. The Hall–Kier alpha value is -2.01. The van der Waals surface area contributed by atoms with Crippen LogP contribution in [0.4, 0.5) is 10.5 Å². The molecule has 2 amide bonds. The van der Waals surface area contributed by atoms with Gasteiger partial charge in [-0.05, 0) is 62.8 Å². The Bertz CT molecular complexity index is 744. The van der Waals surface area contributed by atoms with Crippen LogP contribution in [0.25, 0.3) is 11.0 Å². The number of furan rings is 1. The van der Waals surface area contributed by atoms with Crippen LogP contribution in [0.2, 0.25) is 0 Å². The summed E-state index contributed by atoms with van der Waals surface area (Å²) in [5.74, 6) is 1.52. The van der Waals surface area contributed by atoms with Crippen LogP contribution in [0.1, 0.15) is 37.9 Å². The number of aryl methyl sites for hydroxylation is 1. The summed E-state index contributed by atoms with van der Waals surface area (Å²) >= 11 is 0. The third kappa shape index (κ3) is 3.82. The zero-order valence-electron chi connectivity index (χ0n) is 14.8. The number of carbonyl (C=O) groups excluding carboxylic acids is 1. The molecule has 2 fully saturated rings. The lowest BCUT2D eigenvalue weighted by Crippen LogP contribution is -2.44. The van der Waals surface area contributed by atoms with Gasteiger partial charge in [0, 0.05) is 30.8 Å². The molecule has 0 unspecified atom stereocenters. The number of fused-ring (bicyclic) bond motifs is 1. The summed E-state index contributed by atoms with van der Waals surface area (Å²) in [6, 6.07) is 7.74. The fourth-order valence-corrected chi connectivity index (χ4v) is 3.72. The lowest BCUT2D eigenvalue weighted by atomic mass is 9.85. The van der Waals surface area contributed by atoms with E-state index in [0.717, 1.165) is 48.4 Å². The van der Waals surface area contributed by atoms with E-state index in [9.17, 15) is 4.79 Å². The Morgan fingerprint density at radius 3 is 2.80 bits per heavy atom. The predicted molar refractivity (Wildman–Crippen MR) is 97.9 cm³/mol. The van der Waals surface area contributed by atoms with Gasteiger partial charge >= 0.3 is 6.03 Å². The molecule has 4 rings (SSSR count). The topological polar surface area (TPSA) is 54.7 Å². The third-order valence-corrected chi connectivity index (χ3v) is 5.33. The molecule has 5 nitrogen and oxygen atoms in total. The first kappa shape index (κ1) is 16.5. The van der Waals surface area contributed by atoms with Crippen molar-refractivity contribution in [2.75, 3.05) is 25.0 Å². The fraction of sp³-hybridized carbons (Fsp3) is 0.550. The van der Waals surface area contributed by atoms with Gasteiger partial charge in [-0.3, -0.25) is 0 Å². The summed E-state index contributed by atoms with van der Waals surface area (Å²) in [6.07, 6.45) is 6.08. The number of carbonyl (C=O) groups is 1. The highest BCUT2D eigenvalue weighted by molar-refractivity contribution is 5.92. The maximum Gasteiger partial charge on any atom is 0.321 e. The molecule has 0 radical (unpaired) electrons. The monoisotopic (exact) mass is 342 g/mol. The third-order valence-electron chi connectivity index (χ3n) is 5.33. The molecule has 1 saturated heterocycles. The highest BCUT2D eigenvalue weighted by Crippen LogP contribution is 2.28. The van der Waals surface area contributed by atoms with E-state index in [2.05, 4.69) is 5.32 Å². The van der Waals surface area contributed by atoms with Crippen molar-refractivity contribution in [3.63, 3.8) is 0 Å². The number of rotatable bonds is 5. The van der Waals surface area contributed by atoms with E-state index in [4.69, 9.17) is 9.15 Å². The summed E-state index contributed by atoms with van der Waals surface area (Å²) in [6.45, 7) is 4.27. The van der Waals surface area contributed by atoms with Crippen LogP contribution >= 0.6 is 0 Å². The molecule has 2 aromatic rings. The summed E-state index contributed by atoms with van der Waals surface area (Å²) in [4.78, 5) is 14.8. The summed E-state index contributed by atoms with van der Waals surface area (Å²) in [5.41, 5.74) is 1.66. The fourth-order valence-electron chi connectivity index (χ4n) is 3.72. The molecule has 2 aliphatic rings. The minimum absolute atomic E-state index is 0.0260. The molecule has 0 bridgehead atoms. The molecule has 1 aromatic carbocycles. The second kappa shape index (κ2) is 7.08. The van der Waals surface area contributed by atoms with Gasteiger partial charge in [0.1, 0.15) is 11.3 Å². The highest BCUT2D eigenvalue weighted by Gasteiger charge is 2.27. The second-order valence-corrected chi connectivity index (χ2v) is 7.38. The molecule has 2 heterocycles. The molecule has 1 atom stereocenters. The number of hydrogen-bond acceptors (Lipinski definition) is 3. The molecule has 1 aromatic heterocycles. The van der Waals surface area contributed by atoms with Gasteiger partial charge < -0.3 is 19.4 Å². The predicted octanol–water partition coefficient (Wildman–Crippen LogP) is 4.55. The van der Waals surface area contributed by atoms with E-state index in [-0.39, 0.29) is 12.1 Å². The van der Waals surface area contributed by atoms with E-state index in [0.29, 0.717) is 12.5 Å².